The standard InChI is InChI=1S/C17H21NO4/c1-16(2,3)10-17(4,5)15(21)22-18-13(19)11-8-6-7-9-12(11)14(18)20/h6-9H,10H2,1-5H3. The highest BCUT2D eigenvalue weighted by Crippen LogP contribution is 2.35. The van der Waals surface area contributed by atoms with Crippen LogP contribution in [0.3, 0.4) is 0 Å². The average molecular weight is 303 g/mol. The molecule has 0 atom stereocenters. The number of hydrogen-bond donors (Lipinski definition) is 0. The van der Waals surface area contributed by atoms with Gasteiger partial charge in [-0.25, -0.2) is 4.79 Å². The van der Waals surface area contributed by atoms with Crippen LogP contribution in [0.2, 0.25) is 0 Å². The van der Waals surface area contributed by atoms with Gasteiger partial charge in [-0.15, -0.1) is 0 Å². The molecule has 0 saturated carbocycles. The Balaban J connectivity index is 2.17. The first kappa shape index (κ1) is 16.2. The van der Waals surface area contributed by atoms with E-state index in [2.05, 4.69) is 0 Å². The Bertz CT molecular complexity index is 605. The molecule has 0 aliphatic carbocycles. The second-order valence-corrected chi connectivity index (χ2v) is 7.45. The third kappa shape index (κ3) is 3.03. The molecule has 1 aromatic carbocycles. The fourth-order valence-electron chi connectivity index (χ4n) is 2.85. The van der Waals surface area contributed by atoms with Crippen molar-refractivity contribution in [1.29, 1.82) is 0 Å². The molecule has 0 aromatic heterocycles. The number of benzene rings is 1. The predicted octanol–water partition coefficient (Wildman–Crippen LogP) is 3.20. The Morgan fingerprint density at radius 3 is 1.86 bits per heavy atom. The van der Waals surface area contributed by atoms with E-state index < -0.39 is 23.2 Å². The van der Waals surface area contributed by atoms with Gasteiger partial charge < -0.3 is 4.84 Å². The van der Waals surface area contributed by atoms with E-state index in [0.717, 1.165) is 0 Å². The number of hydroxylamine groups is 2. The highest BCUT2D eigenvalue weighted by molar-refractivity contribution is 6.20. The molecule has 2 amide bonds. The van der Waals surface area contributed by atoms with E-state index in [1.165, 1.54) is 0 Å². The van der Waals surface area contributed by atoms with E-state index >= 15 is 0 Å². The molecule has 5 nitrogen and oxygen atoms in total. The van der Waals surface area contributed by atoms with Gasteiger partial charge >= 0.3 is 5.97 Å². The zero-order valence-corrected chi connectivity index (χ0v) is 13.6. The van der Waals surface area contributed by atoms with Gasteiger partial charge in [0.25, 0.3) is 11.8 Å². The Morgan fingerprint density at radius 1 is 1.00 bits per heavy atom. The lowest BCUT2D eigenvalue weighted by Gasteiger charge is -2.30. The number of imide groups is 1. The van der Waals surface area contributed by atoms with Gasteiger partial charge in [-0.2, -0.15) is 0 Å². The van der Waals surface area contributed by atoms with Gasteiger partial charge in [0.05, 0.1) is 16.5 Å². The lowest BCUT2D eigenvalue weighted by atomic mass is 9.76. The monoisotopic (exact) mass is 303 g/mol. The minimum Gasteiger partial charge on any atom is -0.329 e. The summed E-state index contributed by atoms with van der Waals surface area (Å²) in [5.74, 6) is -1.78. The van der Waals surface area contributed by atoms with Crippen LogP contribution in [0.4, 0.5) is 0 Å². The van der Waals surface area contributed by atoms with E-state index in [4.69, 9.17) is 4.84 Å². The fraction of sp³-hybridized carbons (Fsp3) is 0.471. The zero-order chi connectivity index (χ0) is 16.7. The SMILES string of the molecule is CC(C)(C)CC(C)(C)C(=O)ON1C(=O)c2ccccc2C1=O. The molecule has 5 heteroatoms. The molecule has 0 fully saturated rings. The molecular formula is C17H21NO4. The third-order valence-electron chi connectivity index (χ3n) is 3.46. The molecular weight excluding hydrogens is 282 g/mol. The molecule has 0 unspecified atom stereocenters. The van der Waals surface area contributed by atoms with E-state index in [-0.39, 0.29) is 16.5 Å². The van der Waals surface area contributed by atoms with Crippen molar-refractivity contribution in [2.75, 3.05) is 0 Å². The number of fused-ring (bicyclic) bond motifs is 1. The number of hydrogen-bond acceptors (Lipinski definition) is 4. The Morgan fingerprint density at radius 2 is 1.45 bits per heavy atom. The summed E-state index contributed by atoms with van der Waals surface area (Å²) in [6, 6.07) is 6.42. The highest BCUT2D eigenvalue weighted by atomic mass is 16.7. The molecule has 0 bridgehead atoms. The number of carbonyl (C=O) groups is 3. The topological polar surface area (TPSA) is 63.7 Å². The molecule has 118 valence electrons. The summed E-state index contributed by atoms with van der Waals surface area (Å²) in [6.07, 6.45) is 0.571. The van der Waals surface area contributed by atoms with Crippen LogP contribution in [0, 0.1) is 10.8 Å². The largest absolute Gasteiger partial charge is 0.338 e. The summed E-state index contributed by atoms with van der Waals surface area (Å²) in [7, 11) is 0. The molecule has 22 heavy (non-hydrogen) atoms. The minimum atomic E-state index is -0.798. The van der Waals surface area contributed by atoms with E-state index in [9.17, 15) is 14.4 Å². The van der Waals surface area contributed by atoms with Gasteiger partial charge in [0.15, 0.2) is 0 Å². The minimum absolute atomic E-state index is 0.0789. The normalized spacial score (nSPS) is 15.0. The third-order valence-corrected chi connectivity index (χ3v) is 3.46. The van der Waals surface area contributed by atoms with Crippen molar-refractivity contribution in [2.24, 2.45) is 10.8 Å². The average Bonchev–Trinajstić information content (AvgIpc) is 2.62. The Labute approximate surface area is 130 Å². The van der Waals surface area contributed by atoms with E-state index in [1.807, 2.05) is 20.8 Å². The van der Waals surface area contributed by atoms with Crippen molar-refractivity contribution in [3.63, 3.8) is 0 Å². The predicted molar refractivity (Wildman–Crippen MR) is 80.9 cm³/mol. The van der Waals surface area contributed by atoms with E-state index in [0.29, 0.717) is 11.5 Å². The Kier molecular flexibility index (Phi) is 3.85. The lowest BCUT2D eigenvalue weighted by Crippen LogP contribution is -2.39. The van der Waals surface area contributed by atoms with Crippen LogP contribution < -0.4 is 0 Å². The van der Waals surface area contributed by atoms with Crippen molar-refractivity contribution >= 4 is 17.8 Å². The fourth-order valence-corrected chi connectivity index (χ4v) is 2.85. The molecule has 1 aliphatic rings. The molecule has 0 radical (unpaired) electrons. The summed E-state index contributed by atoms with van der Waals surface area (Å²) < 4.78 is 0. The number of rotatable bonds is 3. The maximum Gasteiger partial charge on any atom is 0.338 e. The first-order valence-electron chi connectivity index (χ1n) is 7.23. The Hall–Kier alpha value is -2.17. The maximum absolute atomic E-state index is 12.4. The molecule has 1 aliphatic heterocycles. The van der Waals surface area contributed by atoms with Crippen molar-refractivity contribution in [1.82, 2.24) is 5.06 Å². The van der Waals surface area contributed by atoms with Crippen LogP contribution in [0.25, 0.3) is 0 Å². The van der Waals surface area contributed by atoms with Crippen LogP contribution in [-0.4, -0.2) is 22.8 Å². The van der Waals surface area contributed by atoms with Gasteiger partial charge in [0.2, 0.25) is 0 Å². The summed E-state index contributed by atoms with van der Waals surface area (Å²) in [5.41, 5.74) is -0.360. The van der Waals surface area contributed by atoms with Gasteiger partial charge in [-0.1, -0.05) is 38.0 Å². The summed E-state index contributed by atoms with van der Waals surface area (Å²) in [6.45, 7) is 9.55. The van der Waals surface area contributed by atoms with Gasteiger partial charge in [0.1, 0.15) is 0 Å². The summed E-state index contributed by atoms with van der Waals surface area (Å²) in [5, 5.41) is 0.567. The van der Waals surface area contributed by atoms with Gasteiger partial charge in [0, 0.05) is 0 Å². The quantitative estimate of drug-likeness (QED) is 0.804. The number of carbonyl (C=O) groups excluding carboxylic acids is 3. The molecule has 1 aromatic rings. The lowest BCUT2D eigenvalue weighted by molar-refractivity contribution is -0.181. The van der Waals surface area contributed by atoms with Gasteiger partial charge in [-0.05, 0) is 37.8 Å². The molecule has 0 saturated heterocycles. The smallest absolute Gasteiger partial charge is 0.329 e. The van der Waals surface area contributed by atoms with Crippen LogP contribution >= 0.6 is 0 Å². The van der Waals surface area contributed by atoms with Crippen molar-refractivity contribution in [2.45, 2.75) is 41.0 Å². The van der Waals surface area contributed by atoms with Crippen LogP contribution in [0.1, 0.15) is 61.8 Å². The van der Waals surface area contributed by atoms with E-state index in [1.54, 1.807) is 38.1 Å². The first-order chi connectivity index (χ1) is 10.0. The maximum atomic E-state index is 12.4. The highest BCUT2D eigenvalue weighted by Gasteiger charge is 2.42. The number of amides is 2. The van der Waals surface area contributed by atoms with Gasteiger partial charge in [-0.3, -0.25) is 9.59 Å². The number of nitrogens with zero attached hydrogens (tertiary/aromatic N) is 1. The molecule has 2 rings (SSSR count). The van der Waals surface area contributed by atoms with Crippen molar-refractivity contribution in [3.8, 4) is 0 Å². The van der Waals surface area contributed by atoms with Crippen molar-refractivity contribution < 1.29 is 19.2 Å². The zero-order valence-electron chi connectivity index (χ0n) is 13.6. The van der Waals surface area contributed by atoms with Crippen LogP contribution in [0.15, 0.2) is 24.3 Å². The summed E-state index contributed by atoms with van der Waals surface area (Å²) >= 11 is 0. The van der Waals surface area contributed by atoms with Crippen LogP contribution in [0.5, 0.6) is 0 Å². The molecule has 0 N–H and O–H groups in total. The summed E-state index contributed by atoms with van der Waals surface area (Å²) in [4.78, 5) is 41.9. The molecule has 1 heterocycles. The second-order valence-electron chi connectivity index (χ2n) is 7.45. The first-order valence-corrected chi connectivity index (χ1v) is 7.23. The molecule has 0 spiro atoms. The van der Waals surface area contributed by atoms with Crippen LogP contribution in [-0.2, 0) is 9.63 Å². The second kappa shape index (κ2) is 5.23. The van der Waals surface area contributed by atoms with Crippen molar-refractivity contribution in [3.05, 3.63) is 35.4 Å².